The van der Waals surface area contributed by atoms with Gasteiger partial charge in [0.05, 0.1) is 0 Å². The molecule has 0 bridgehead atoms. The molecule has 27 heavy (non-hydrogen) atoms. The first kappa shape index (κ1) is 20.8. The summed E-state index contributed by atoms with van der Waals surface area (Å²) in [4.78, 5) is 14.7. The Morgan fingerprint density at radius 3 is 2.74 bits per heavy atom. The first-order chi connectivity index (χ1) is 12.7. The first-order valence-electron chi connectivity index (χ1n) is 8.89. The van der Waals surface area contributed by atoms with E-state index in [2.05, 4.69) is 4.99 Å². The maximum Gasteiger partial charge on any atom is 0.303 e. The van der Waals surface area contributed by atoms with Crippen molar-refractivity contribution in [1.29, 1.82) is 0 Å². The van der Waals surface area contributed by atoms with Gasteiger partial charge in [-0.25, -0.2) is 8.78 Å². The molecule has 1 N–H and O–H groups in total. The Morgan fingerprint density at radius 1 is 1.37 bits per heavy atom. The van der Waals surface area contributed by atoms with Gasteiger partial charge >= 0.3 is 5.97 Å². The summed E-state index contributed by atoms with van der Waals surface area (Å²) in [5.41, 5.74) is 3.69. The van der Waals surface area contributed by atoms with Gasteiger partial charge in [-0.2, -0.15) is 0 Å². The second-order valence-electron chi connectivity index (χ2n) is 6.79. The van der Waals surface area contributed by atoms with E-state index in [1.54, 1.807) is 32.3 Å². The third-order valence-electron chi connectivity index (χ3n) is 4.50. The number of alkyl halides is 2. The van der Waals surface area contributed by atoms with E-state index in [0.717, 1.165) is 16.7 Å². The number of ether oxygens (including phenoxy) is 1. The topological polar surface area (TPSA) is 58.9 Å². The number of aliphatic imine (C=N–C) groups is 1. The molecule has 0 atom stereocenters. The van der Waals surface area contributed by atoms with Crippen molar-refractivity contribution in [2.24, 2.45) is 4.99 Å². The van der Waals surface area contributed by atoms with Gasteiger partial charge < -0.3 is 9.84 Å². The molecule has 0 saturated carbocycles. The Hall–Kier alpha value is -2.50. The standard InChI is InChI=1S/C21H25F2NO3/c1-4-24-12-15(3)18-11-21(22,23)10-17(18)13-27-19-7-5-16(9-14(19)2)6-8-20(25)26/h4-5,7,9,12H,6,8,10-11,13H2,1-3H3,(H,25,26)/b15-12+,24-4?. The van der Waals surface area contributed by atoms with Crippen LogP contribution < -0.4 is 4.74 Å². The lowest BCUT2D eigenvalue weighted by Crippen LogP contribution is -2.12. The van der Waals surface area contributed by atoms with Crippen molar-refractivity contribution in [3.05, 3.63) is 52.2 Å². The van der Waals surface area contributed by atoms with Gasteiger partial charge in [0, 0.05) is 31.7 Å². The van der Waals surface area contributed by atoms with Crippen molar-refractivity contribution in [2.75, 3.05) is 6.61 Å². The molecule has 4 nitrogen and oxygen atoms in total. The molecule has 2 rings (SSSR count). The van der Waals surface area contributed by atoms with E-state index in [9.17, 15) is 13.6 Å². The summed E-state index contributed by atoms with van der Waals surface area (Å²) >= 11 is 0. The molecule has 0 heterocycles. The number of rotatable bonds is 8. The van der Waals surface area contributed by atoms with E-state index >= 15 is 0 Å². The Morgan fingerprint density at radius 2 is 2.11 bits per heavy atom. The highest BCUT2D eigenvalue weighted by atomic mass is 19.3. The zero-order chi connectivity index (χ0) is 20.0. The number of carbonyl (C=O) groups is 1. The molecular formula is C21H25F2NO3. The number of aryl methyl sites for hydroxylation is 2. The molecular weight excluding hydrogens is 352 g/mol. The quantitative estimate of drug-likeness (QED) is 0.640. The number of aliphatic carboxylic acids is 1. The normalized spacial score (nSPS) is 17.0. The van der Waals surface area contributed by atoms with E-state index in [1.807, 2.05) is 19.1 Å². The Kier molecular flexibility index (Phi) is 6.88. The van der Waals surface area contributed by atoms with Gasteiger partial charge in [0.1, 0.15) is 12.4 Å². The maximum absolute atomic E-state index is 13.9. The third-order valence-corrected chi connectivity index (χ3v) is 4.50. The molecule has 0 aromatic heterocycles. The van der Waals surface area contributed by atoms with Crippen LogP contribution in [0.4, 0.5) is 8.78 Å². The molecule has 6 heteroatoms. The van der Waals surface area contributed by atoms with Gasteiger partial charge in [0.15, 0.2) is 0 Å². The summed E-state index contributed by atoms with van der Waals surface area (Å²) in [5, 5.41) is 8.77. The van der Waals surface area contributed by atoms with Crippen LogP contribution in [0.1, 0.15) is 44.2 Å². The molecule has 0 radical (unpaired) electrons. The van der Waals surface area contributed by atoms with Crippen LogP contribution in [0.3, 0.4) is 0 Å². The van der Waals surface area contributed by atoms with Gasteiger partial charge in [-0.1, -0.05) is 12.1 Å². The molecule has 0 saturated heterocycles. The van der Waals surface area contributed by atoms with Gasteiger partial charge in [-0.15, -0.1) is 0 Å². The van der Waals surface area contributed by atoms with E-state index < -0.39 is 11.9 Å². The van der Waals surface area contributed by atoms with Crippen molar-refractivity contribution in [3.8, 4) is 5.75 Å². The summed E-state index contributed by atoms with van der Waals surface area (Å²) < 4.78 is 33.7. The summed E-state index contributed by atoms with van der Waals surface area (Å²) in [7, 11) is 0. The lowest BCUT2D eigenvalue weighted by molar-refractivity contribution is -0.136. The number of allylic oxidation sites excluding steroid dienone is 2. The summed E-state index contributed by atoms with van der Waals surface area (Å²) in [6.07, 6.45) is 3.12. The molecule has 0 spiro atoms. The number of carboxylic acid groups (broad SMARTS) is 1. The minimum Gasteiger partial charge on any atom is -0.489 e. The number of hydrogen-bond donors (Lipinski definition) is 1. The maximum atomic E-state index is 13.9. The first-order valence-corrected chi connectivity index (χ1v) is 8.89. The summed E-state index contributed by atoms with van der Waals surface area (Å²) in [6, 6.07) is 5.45. The number of halogens is 2. The molecule has 1 aliphatic carbocycles. The molecule has 1 aromatic carbocycles. The van der Waals surface area contributed by atoms with Crippen LogP contribution in [0.25, 0.3) is 0 Å². The smallest absolute Gasteiger partial charge is 0.303 e. The van der Waals surface area contributed by atoms with E-state index in [-0.39, 0.29) is 25.9 Å². The van der Waals surface area contributed by atoms with Gasteiger partial charge in [0.25, 0.3) is 5.92 Å². The average molecular weight is 377 g/mol. The van der Waals surface area contributed by atoms with Crippen LogP contribution in [0.15, 0.2) is 46.1 Å². The molecule has 0 unspecified atom stereocenters. The zero-order valence-electron chi connectivity index (χ0n) is 15.9. The molecule has 1 aliphatic rings. The van der Waals surface area contributed by atoms with Crippen LogP contribution in [0, 0.1) is 6.92 Å². The van der Waals surface area contributed by atoms with Crippen molar-refractivity contribution >= 4 is 12.2 Å². The average Bonchev–Trinajstić information content (AvgIpc) is 2.91. The van der Waals surface area contributed by atoms with E-state index in [4.69, 9.17) is 9.84 Å². The van der Waals surface area contributed by atoms with Crippen LogP contribution in [0.2, 0.25) is 0 Å². The Labute approximate surface area is 158 Å². The molecule has 0 amide bonds. The largest absolute Gasteiger partial charge is 0.489 e. The fourth-order valence-electron chi connectivity index (χ4n) is 3.13. The number of hydrogen-bond acceptors (Lipinski definition) is 3. The highest BCUT2D eigenvalue weighted by Crippen LogP contribution is 2.42. The van der Waals surface area contributed by atoms with Gasteiger partial charge in [-0.05, 0) is 61.1 Å². The lowest BCUT2D eigenvalue weighted by atomic mass is 10.0. The zero-order valence-corrected chi connectivity index (χ0v) is 15.9. The van der Waals surface area contributed by atoms with Crippen molar-refractivity contribution in [2.45, 2.75) is 52.4 Å². The number of nitrogens with zero attached hydrogens (tertiary/aromatic N) is 1. The van der Waals surface area contributed by atoms with Crippen molar-refractivity contribution < 1.29 is 23.4 Å². The van der Waals surface area contributed by atoms with Crippen molar-refractivity contribution in [3.63, 3.8) is 0 Å². The van der Waals surface area contributed by atoms with E-state index in [1.165, 1.54) is 0 Å². The predicted octanol–water partition coefficient (Wildman–Crippen LogP) is 5.11. The summed E-state index contributed by atoms with van der Waals surface area (Å²) in [6.45, 7) is 5.51. The molecule has 0 fully saturated rings. The second kappa shape index (κ2) is 8.93. The van der Waals surface area contributed by atoms with Crippen LogP contribution in [-0.4, -0.2) is 29.8 Å². The number of benzene rings is 1. The van der Waals surface area contributed by atoms with E-state index in [0.29, 0.717) is 23.3 Å². The highest BCUT2D eigenvalue weighted by Gasteiger charge is 2.39. The van der Waals surface area contributed by atoms with Crippen LogP contribution >= 0.6 is 0 Å². The van der Waals surface area contributed by atoms with Crippen LogP contribution in [0.5, 0.6) is 5.75 Å². The Bertz CT molecular complexity index is 795. The number of carboxylic acids is 1. The SMILES string of the molecule is CC=N/C=C(\C)C1=C(COc2ccc(CCC(=O)O)cc2C)CC(F)(F)C1. The minimum atomic E-state index is -2.76. The molecule has 1 aromatic rings. The highest BCUT2D eigenvalue weighted by molar-refractivity contribution is 5.67. The lowest BCUT2D eigenvalue weighted by Gasteiger charge is -2.13. The second-order valence-corrected chi connectivity index (χ2v) is 6.79. The minimum absolute atomic E-state index is 0.0663. The summed E-state index contributed by atoms with van der Waals surface area (Å²) in [5.74, 6) is -2.98. The van der Waals surface area contributed by atoms with Gasteiger partial charge in [-0.3, -0.25) is 9.79 Å². The monoisotopic (exact) mass is 377 g/mol. The molecule has 146 valence electrons. The third kappa shape index (κ3) is 6.01. The van der Waals surface area contributed by atoms with Crippen LogP contribution in [-0.2, 0) is 11.2 Å². The Balaban J connectivity index is 2.12. The van der Waals surface area contributed by atoms with Gasteiger partial charge in [0.2, 0.25) is 0 Å². The fraction of sp³-hybridized carbons (Fsp3) is 0.429. The predicted molar refractivity (Wildman–Crippen MR) is 102 cm³/mol. The fourth-order valence-corrected chi connectivity index (χ4v) is 3.13. The van der Waals surface area contributed by atoms with Crippen molar-refractivity contribution in [1.82, 2.24) is 0 Å². The molecule has 0 aliphatic heterocycles.